The van der Waals surface area contributed by atoms with Gasteiger partial charge in [-0.3, -0.25) is 4.79 Å². The SMILES string of the molecule is CCC(C)CCCCCCCCCCCCCCC(=O)O[Si](C)(C)C. The molecule has 2 nitrogen and oxygen atoms in total. The van der Waals surface area contributed by atoms with Crippen molar-refractivity contribution in [2.24, 2.45) is 5.92 Å². The first-order valence-electron chi connectivity index (χ1n) is 11.1. The molecule has 0 amide bonds. The highest BCUT2D eigenvalue weighted by Gasteiger charge is 2.19. The lowest BCUT2D eigenvalue weighted by Gasteiger charge is -2.17. The minimum absolute atomic E-state index is 0.0170. The highest BCUT2D eigenvalue weighted by atomic mass is 28.4. The average Bonchev–Trinajstić information content (AvgIpc) is 2.53. The van der Waals surface area contributed by atoms with Crippen molar-refractivity contribution >= 4 is 14.3 Å². The van der Waals surface area contributed by atoms with Gasteiger partial charge in [0.25, 0.3) is 5.97 Å². The first-order valence-corrected chi connectivity index (χ1v) is 14.5. The van der Waals surface area contributed by atoms with Crippen LogP contribution in [0, 0.1) is 5.92 Å². The molecule has 0 saturated carbocycles. The molecule has 25 heavy (non-hydrogen) atoms. The summed E-state index contributed by atoms with van der Waals surface area (Å²) in [7, 11) is -1.68. The molecule has 0 spiro atoms. The van der Waals surface area contributed by atoms with E-state index in [2.05, 4.69) is 33.5 Å². The van der Waals surface area contributed by atoms with Gasteiger partial charge in [-0.2, -0.15) is 0 Å². The topological polar surface area (TPSA) is 26.3 Å². The molecule has 1 unspecified atom stereocenters. The predicted molar refractivity (Wildman–Crippen MR) is 114 cm³/mol. The van der Waals surface area contributed by atoms with E-state index in [-0.39, 0.29) is 5.97 Å². The van der Waals surface area contributed by atoms with Crippen molar-refractivity contribution in [3.63, 3.8) is 0 Å². The third kappa shape index (κ3) is 19.9. The Balaban J connectivity index is 3.18. The van der Waals surface area contributed by atoms with E-state index >= 15 is 0 Å². The number of rotatable bonds is 17. The lowest BCUT2D eigenvalue weighted by molar-refractivity contribution is -0.135. The van der Waals surface area contributed by atoms with Crippen molar-refractivity contribution in [3.05, 3.63) is 0 Å². The van der Waals surface area contributed by atoms with E-state index in [9.17, 15) is 4.79 Å². The van der Waals surface area contributed by atoms with Crippen LogP contribution in [0.2, 0.25) is 19.6 Å². The van der Waals surface area contributed by atoms with E-state index in [0.717, 1.165) is 12.3 Å². The first kappa shape index (κ1) is 24.7. The second-order valence-electron chi connectivity index (χ2n) is 8.88. The summed E-state index contributed by atoms with van der Waals surface area (Å²) >= 11 is 0. The van der Waals surface area contributed by atoms with Gasteiger partial charge in [-0.05, 0) is 32.0 Å². The molecular weight excluding hydrogens is 324 g/mol. The molecule has 0 rings (SSSR count). The molecule has 0 fully saturated rings. The molecule has 3 heteroatoms. The predicted octanol–water partition coefficient (Wildman–Crippen LogP) is 7.87. The summed E-state index contributed by atoms with van der Waals surface area (Å²) in [4.78, 5) is 11.6. The van der Waals surface area contributed by atoms with Crippen molar-refractivity contribution in [1.29, 1.82) is 0 Å². The molecule has 0 aliphatic carbocycles. The summed E-state index contributed by atoms with van der Waals surface area (Å²) in [6, 6.07) is 0. The number of hydrogen-bond donors (Lipinski definition) is 0. The van der Waals surface area contributed by atoms with Crippen LogP contribution in [0.15, 0.2) is 0 Å². The molecule has 0 bridgehead atoms. The second kappa shape index (κ2) is 15.9. The fourth-order valence-electron chi connectivity index (χ4n) is 3.13. The van der Waals surface area contributed by atoms with Crippen LogP contribution in [0.4, 0.5) is 0 Å². The maximum absolute atomic E-state index is 11.6. The van der Waals surface area contributed by atoms with Crippen molar-refractivity contribution in [3.8, 4) is 0 Å². The minimum Gasteiger partial charge on any atom is -0.520 e. The summed E-state index contributed by atoms with van der Waals surface area (Å²) in [5.74, 6) is 0.939. The van der Waals surface area contributed by atoms with Gasteiger partial charge >= 0.3 is 0 Å². The average molecular weight is 371 g/mol. The van der Waals surface area contributed by atoms with Crippen LogP contribution in [-0.4, -0.2) is 14.3 Å². The third-order valence-electron chi connectivity index (χ3n) is 4.94. The second-order valence-corrected chi connectivity index (χ2v) is 13.3. The number of unbranched alkanes of at least 4 members (excludes halogenated alkanes) is 11. The van der Waals surface area contributed by atoms with Crippen molar-refractivity contribution in [1.82, 2.24) is 0 Å². The van der Waals surface area contributed by atoms with E-state index in [1.165, 1.54) is 83.5 Å². The lowest BCUT2D eigenvalue weighted by Crippen LogP contribution is -2.28. The zero-order valence-electron chi connectivity index (χ0n) is 18.0. The minimum atomic E-state index is -1.68. The van der Waals surface area contributed by atoms with Gasteiger partial charge in [0.05, 0.1) is 0 Å². The molecule has 1 atom stereocenters. The zero-order valence-corrected chi connectivity index (χ0v) is 19.0. The fraction of sp³-hybridized carbons (Fsp3) is 0.955. The van der Waals surface area contributed by atoms with E-state index in [4.69, 9.17) is 4.43 Å². The van der Waals surface area contributed by atoms with Crippen LogP contribution >= 0.6 is 0 Å². The van der Waals surface area contributed by atoms with Crippen LogP contribution in [0.25, 0.3) is 0 Å². The Morgan fingerprint density at radius 1 is 0.760 bits per heavy atom. The maximum atomic E-state index is 11.6. The Morgan fingerprint density at radius 3 is 1.56 bits per heavy atom. The molecule has 0 heterocycles. The van der Waals surface area contributed by atoms with Gasteiger partial charge in [-0.25, -0.2) is 0 Å². The summed E-state index contributed by atoms with van der Waals surface area (Å²) in [5.41, 5.74) is 0. The monoisotopic (exact) mass is 370 g/mol. The van der Waals surface area contributed by atoms with E-state index in [0.29, 0.717) is 6.42 Å². The Labute approximate surface area is 159 Å². The van der Waals surface area contributed by atoms with Crippen LogP contribution in [0.3, 0.4) is 0 Å². The molecule has 0 aliphatic rings. The van der Waals surface area contributed by atoms with Gasteiger partial charge in [0.1, 0.15) is 0 Å². The maximum Gasteiger partial charge on any atom is 0.292 e. The molecule has 0 aromatic heterocycles. The molecule has 0 aromatic rings. The van der Waals surface area contributed by atoms with Crippen molar-refractivity contribution < 1.29 is 9.22 Å². The van der Waals surface area contributed by atoms with E-state index < -0.39 is 8.32 Å². The van der Waals surface area contributed by atoms with Crippen LogP contribution in [0.5, 0.6) is 0 Å². The molecular formula is C22H46O2Si. The number of hydrogen-bond acceptors (Lipinski definition) is 2. The van der Waals surface area contributed by atoms with Crippen molar-refractivity contribution in [2.45, 2.75) is 130 Å². The Kier molecular flexibility index (Phi) is 15.7. The van der Waals surface area contributed by atoms with Gasteiger partial charge in [0.15, 0.2) is 0 Å². The van der Waals surface area contributed by atoms with Crippen LogP contribution in [0.1, 0.15) is 110 Å². The van der Waals surface area contributed by atoms with E-state index in [1.807, 2.05) is 0 Å². The van der Waals surface area contributed by atoms with Gasteiger partial charge < -0.3 is 4.43 Å². The summed E-state index contributed by atoms with van der Waals surface area (Å²) in [6.45, 7) is 10.9. The Bertz CT molecular complexity index is 310. The molecule has 0 radical (unpaired) electrons. The molecule has 0 saturated heterocycles. The third-order valence-corrected chi connectivity index (χ3v) is 5.78. The molecule has 150 valence electrons. The van der Waals surface area contributed by atoms with Crippen LogP contribution < -0.4 is 0 Å². The molecule has 0 aromatic carbocycles. The fourth-order valence-corrected chi connectivity index (χ4v) is 3.91. The quantitative estimate of drug-likeness (QED) is 0.192. The smallest absolute Gasteiger partial charge is 0.292 e. The number of carbonyl (C=O) groups is 1. The van der Waals surface area contributed by atoms with Gasteiger partial charge in [-0.1, -0.05) is 97.3 Å². The molecule has 0 aliphatic heterocycles. The van der Waals surface area contributed by atoms with Gasteiger partial charge in [-0.15, -0.1) is 0 Å². The Morgan fingerprint density at radius 2 is 1.16 bits per heavy atom. The van der Waals surface area contributed by atoms with Gasteiger partial charge in [0.2, 0.25) is 8.32 Å². The summed E-state index contributed by atoms with van der Waals surface area (Å²) in [5, 5.41) is 0. The lowest BCUT2D eigenvalue weighted by atomic mass is 9.99. The summed E-state index contributed by atoms with van der Waals surface area (Å²) < 4.78 is 5.46. The highest BCUT2D eigenvalue weighted by molar-refractivity contribution is 6.71. The standard InChI is InChI=1S/C22H46O2Si/c1-6-21(2)19-17-15-13-11-9-7-8-10-12-14-16-18-20-22(23)24-25(3,4)5/h21H,6-20H2,1-5H3. The van der Waals surface area contributed by atoms with Gasteiger partial charge in [0, 0.05) is 6.42 Å². The highest BCUT2D eigenvalue weighted by Crippen LogP contribution is 2.16. The van der Waals surface area contributed by atoms with E-state index in [1.54, 1.807) is 0 Å². The van der Waals surface area contributed by atoms with Crippen molar-refractivity contribution in [2.75, 3.05) is 0 Å². The largest absolute Gasteiger partial charge is 0.520 e. The normalized spacial score (nSPS) is 13.0. The number of carbonyl (C=O) groups excluding carboxylic acids is 1. The summed E-state index contributed by atoms with van der Waals surface area (Å²) in [6.07, 6.45) is 19.5. The molecule has 0 N–H and O–H groups in total. The Hall–Kier alpha value is -0.313. The first-order chi connectivity index (χ1) is 11.8. The zero-order chi connectivity index (χ0) is 19.0. The van der Waals surface area contributed by atoms with Crippen LogP contribution in [-0.2, 0) is 9.22 Å².